The average Bonchev–Trinajstić information content (AvgIpc) is 2.72. The number of piperazine rings is 1. The quantitative estimate of drug-likeness (QED) is 0.662. The van der Waals surface area contributed by atoms with E-state index in [0.717, 1.165) is 44.8 Å². The Balaban J connectivity index is 1.42. The standard InChI is InChI=1S/C19H24FN5O3/c1-28-17-4-3-14(20)13-16(17)25-11-9-24(10-12-25)8-2-6-21-19-22-7-5-15(23-19)18(26)27/h3-5,7,13H,2,6,8-12H2,1H3,(H,26,27)(H,21,22,23). The van der Waals surface area contributed by atoms with E-state index in [4.69, 9.17) is 9.84 Å². The lowest BCUT2D eigenvalue weighted by Crippen LogP contribution is -2.47. The van der Waals surface area contributed by atoms with Crippen LogP contribution in [0, 0.1) is 5.82 Å². The summed E-state index contributed by atoms with van der Waals surface area (Å²) in [4.78, 5) is 23.4. The molecule has 1 aliphatic rings. The molecule has 1 aromatic carbocycles. The van der Waals surface area contributed by atoms with Gasteiger partial charge in [-0.1, -0.05) is 0 Å². The van der Waals surface area contributed by atoms with Gasteiger partial charge in [0.2, 0.25) is 5.95 Å². The topological polar surface area (TPSA) is 90.8 Å². The van der Waals surface area contributed by atoms with Crippen molar-refractivity contribution in [1.82, 2.24) is 14.9 Å². The molecule has 150 valence electrons. The normalized spacial score (nSPS) is 14.7. The lowest BCUT2D eigenvalue weighted by Gasteiger charge is -2.36. The number of methoxy groups -OCH3 is 1. The third kappa shape index (κ3) is 5.07. The highest BCUT2D eigenvalue weighted by molar-refractivity contribution is 5.85. The Labute approximate surface area is 163 Å². The van der Waals surface area contributed by atoms with E-state index in [0.29, 0.717) is 18.2 Å². The first-order chi connectivity index (χ1) is 13.6. The molecule has 0 saturated carbocycles. The molecule has 2 aromatic rings. The lowest BCUT2D eigenvalue weighted by atomic mass is 10.2. The van der Waals surface area contributed by atoms with Crippen molar-refractivity contribution in [2.45, 2.75) is 6.42 Å². The van der Waals surface area contributed by atoms with Crippen molar-refractivity contribution in [3.63, 3.8) is 0 Å². The van der Waals surface area contributed by atoms with Crippen molar-refractivity contribution >= 4 is 17.6 Å². The number of carboxylic acid groups (broad SMARTS) is 1. The van der Waals surface area contributed by atoms with Crippen molar-refractivity contribution in [2.75, 3.05) is 56.6 Å². The van der Waals surface area contributed by atoms with Gasteiger partial charge in [0, 0.05) is 45.0 Å². The van der Waals surface area contributed by atoms with Crippen LogP contribution in [0.1, 0.15) is 16.9 Å². The van der Waals surface area contributed by atoms with Crippen LogP contribution in [-0.2, 0) is 0 Å². The zero-order valence-corrected chi connectivity index (χ0v) is 15.8. The highest BCUT2D eigenvalue weighted by atomic mass is 19.1. The maximum absolute atomic E-state index is 13.6. The largest absolute Gasteiger partial charge is 0.495 e. The van der Waals surface area contributed by atoms with E-state index in [1.165, 1.54) is 24.4 Å². The van der Waals surface area contributed by atoms with Crippen LogP contribution in [0.15, 0.2) is 30.5 Å². The van der Waals surface area contributed by atoms with Crippen molar-refractivity contribution < 1.29 is 19.0 Å². The van der Waals surface area contributed by atoms with Gasteiger partial charge in [-0.25, -0.2) is 19.2 Å². The number of ether oxygens (including phenoxy) is 1. The number of benzene rings is 1. The molecule has 1 saturated heterocycles. The van der Waals surface area contributed by atoms with Crippen LogP contribution in [0.25, 0.3) is 0 Å². The third-order valence-corrected chi connectivity index (χ3v) is 4.66. The molecule has 1 fully saturated rings. The highest BCUT2D eigenvalue weighted by Gasteiger charge is 2.20. The van der Waals surface area contributed by atoms with Crippen molar-refractivity contribution in [3.8, 4) is 5.75 Å². The monoisotopic (exact) mass is 389 g/mol. The summed E-state index contributed by atoms with van der Waals surface area (Å²) in [5.41, 5.74) is 0.765. The summed E-state index contributed by atoms with van der Waals surface area (Å²) in [7, 11) is 1.59. The minimum atomic E-state index is -1.07. The molecule has 9 heteroatoms. The van der Waals surface area contributed by atoms with Gasteiger partial charge in [-0.2, -0.15) is 0 Å². The zero-order valence-electron chi connectivity index (χ0n) is 15.8. The van der Waals surface area contributed by atoms with Gasteiger partial charge in [0.25, 0.3) is 0 Å². The molecule has 0 unspecified atom stereocenters. The molecule has 0 aliphatic carbocycles. The predicted octanol–water partition coefficient (Wildman–Crippen LogP) is 1.95. The van der Waals surface area contributed by atoms with E-state index >= 15 is 0 Å². The fourth-order valence-electron chi connectivity index (χ4n) is 3.19. The Kier molecular flexibility index (Phi) is 6.59. The third-order valence-electron chi connectivity index (χ3n) is 4.66. The minimum Gasteiger partial charge on any atom is -0.495 e. The molecule has 0 radical (unpaired) electrons. The van der Waals surface area contributed by atoms with E-state index in [9.17, 15) is 9.18 Å². The summed E-state index contributed by atoms with van der Waals surface area (Å²) in [5.74, 6) is -0.331. The summed E-state index contributed by atoms with van der Waals surface area (Å²) >= 11 is 0. The molecule has 0 atom stereocenters. The summed E-state index contributed by atoms with van der Waals surface area (Å²) in [5, 5.41) is 12.0. The van der Waals surface area contributed by atoms with Gasteiger partial charge in [-0.3, -0.25) is 4.90 Å². The summed E-state index contributed by atoms with van der Waals surface area (Å²) in [6.07, 6.45) is 2.31. The number of nitrogens with zero attached hydrogens (tertiary/aromatic N) is 4. The number of halogens is 1. The Morgan fingerprint density at radius 1 is 1.29 bits per heavy atom. The van der Waals surface area contributed by atoms with Crippen LogP contribution in [0.3, 0.4) is 0 Å². The second kappa shape index (κ2) is 9.32. The number of hydrogen-bond acceptors (Lipinski definition) is 7. The maximum Gasteiger partial charge on any atom is 0.354 e. The summed E-state index contributed by atoms with van der Waals surface area (Å²) in [6.45, 7) is 4.92. The zero-order chi connectivity index (χ0) is 19.9. The summed E-state index contributed by atoms with van der Waals surface area (Å²) < 4.78 is 18.9. The molecular weight excluding hydrogens is 365 g/mol. The Bertz CT molecular complexity index is 812. The van der Waals surface area contributed by atoms with Crippen LogP contribution < -0.4 is 15.0 Å². The molecule has 28 heavy (non-hydrogen) atoms. The van der Waals surface area contributed by atoms with Crippen LogP contribution >= 0.6 is 0 Å². The van der Waals surface area contributed by atoms with Gasteiger partial charge in [-0.05, 0) is 31.2 Å². The van der Waals surface area contributed by atoms with Crippen molar-refractivity contribution in [3.05, 3.63) is 42.0 Å². The van der Waals surface area contributed by atoms with Gasteiger partial charge >= 0.3 is 5.97 Å². The van der Waals surface area contributed by atoms with Crippen LogP contribution in [-0.4, -0.2) is 72.3 Å². The first-order valence-electron chi connectivity index (χ1n) is 9.18. The Morgan fingerprint density at radius 2 is 2.07 bits per heavy atom. The number of aromatic carboxylic acids is 1. The molecule has 0 bridgehead atoms. The molecule has 2 N–H and O–H groups in total. The SMILES string of the molecule is COc1ccc(F)cc1N1CCN(CCCNc2nccc(C(=O)O)n2)CC1. The first kappa shape index (κ1) is 19.8. The van der Waals surface area contributed by atoms with Crippen LogP contribution in [0.5, 0.6) is 5.75 Å². The first-order valence-corrected chi connectivity index (χ1v) is 9.18. The van der Waals surface area contributed by atoms with E-state index in [1.807, 2.05) is 0 Å². The van der Waals surface area contributed by atoms with Gasteiger partial charge in [0.05, 0.1) is 12.8 Å². The van der Waals surface area contributed by atoms with Crippen LogP contribution in [0.2, 0.25) is 0 Å². The van der Waals surface area contributed by atoms with Crippen molar-refractivity contribution in [2.24, 2.45) is 0 Å². The number of carbonyl (C=O) groups is 1. The van der Waals surface area contributed by atoms with E-state index in [2.05, 4.69) is 25.1 Å². The number of anilines is 2. The molecule has 0 spiro atoms. The minimum absolute atomic E-state index is 0.0265. The molecule has 0 amide bonds. The van der Waals surface area contributed by atoms with E-state index in [-0.39, 0.29) is 11.5 Å². The number of aromatic nitrogens is 2. The fourth-order valence-corrected chi connectivity index (χ4v) is 3.19. The number of carboxylic acids is 1. The second-order valence-electron chi connectivity index (χ2n) is 6.50. The highest BCUT2D eigenvalue weighted by Crippen LogP contribution is 2.29. The molecule has 2 heterocycles. The second-order valence-corrected chi connectivity index (χ2v) is 6.50. The Hall–Kier alpha value is -2.94. The predicted molar refractivity (Wildman–Crippen MR) is 104 cm³/mol. The number of nitrogens with one attached hydrogen (secondary N) is 1. The lowest BCUT2D eigenvalue weighted by molar-refractivity contribution is 0.0690. The number of hydrogen-bond donors (Lipinski definition) is 2. The number of rotatable bonds is 8. The summed E-state index contributed by atoms with van der Waals surface area (Å²) in [6, 6.07) is 5.94. The van der Waals surface area contributed by atoms with Gasteiger partial charge in [0.15, 0.2) is 5.69 Å². The molecule has 3 rings (SSSR count). The Morgan fingerprint density at radius 3 is 2.79 bits per heavy atom. The van der Waals surface area contributed by atoms with Crippen LogP contribution in [0.4, 0.5) is 16.0 Å². The van der Waals surface area contributed by atoms with Crippen molar-refractivity contribution in [1.29, 1.82) is 0 Å². The van der Waals surface area contributed by atoms with Gasteiger partial charge in [0.1, 0.15) is 11.6 Å². The molecular formula is C19H24FN5O3. The van der Waals surface area contributed by atoms with Gasteiger partial charge < -0.3 is 20.1 Å². The fraction of sp³-hybridized carbons (Fsp3) is 0.421. The van der Waals surface area contributed by atoms with E-state index in [1.54, 1.807) is 13.2 Å². The molecule has 8 nitrogen and oxygen atoms in total. The maximum atomic E-state index is 13.6. The van der Waals surface area contributed by atoms with Gasteiger partial charge in [-0.15, -0.1) is 0 Å². The molecule has 1 aliphatic heterocycles. The molecule has 1 aromatic heterocycles. The van der Waals surface area contributed by atoms with E-state index < -0.39 is 5.97 Å². The smallest absolute Gasteiger partial charge is 0.354 e. The average molecular weight is 389 g/mol.